The van der Waals surface area contributed by atoms with Gasteiger partial charge in [-0.2, -0.15) is 0 Å². The van der Waals surface area contributed by atoms with Crippen molar-refractivity contribution in [1.82, 2.24) is 9.55 Å². The Kier molecular flexibility index (Phi) is 5.98. The lowest BCUT2D eigenvalue weighted by atomic mass is 10.1. The van der Waals surface area contributed by atoms with Crippen molar-refractivity contribution in [2.75, 3.05) is 17.7 Å². The normalized spacial score (nSPS) is 10.5. The Bertz CT molecular complexity index is 1160. The van der Waals surface area contributed by atoms with Crippen molar-refractivity contribution in [3.8, 4) is 5.75 Å². The topological polar surface area (TPSA) is 68.2 Å². The third-order valence-corrected chi connectivity index (χ3v) is 5.03. The molecule has 0 unspecified atom stereocenters. The van der Waals surface area contributed by atoms with Gasteiger partial charge in [-0.25, -0.2) is 4.98 Å². The molecule has 1 aromatic heterocycles. The number of imidazole rings is 1. The van der Waals surface area contributed by atoms with E-state index in [4.69, 9.17) is 4.74 Å². The maximum atomic E-state index is 12.9. The van der Waals surface area contributed by atoms with Crippen molar-refractivity contribution in [3.05, 3.63) is 102 Å². The van der Waals surface area contributed by atoms with Gasteiger partial charge in [-0.3, -0.25) is 4.79 Å². The smallest absolute Gasteiger partial charge is 0.257 e. The van der Waals surface area contributed by atoms with E-state index < -0.39 is 0 Å². The van der Waals surface area contributed by atoms with Gasteiger partial charge >= 0.3 is 0 Å². The van der Waals surface area contributed by atoms with Crippen LogP contribution in [-0.2, 0) is 6.54 Å². The molecule has 0 fully saturated rings. The number of para-hydroxylation sites is 1. The zero-order chi connectivity index (χ0) is 21.6. The van der Waals surface area contributed by atoms with Crippen LogP contribution in [0.3, 0.4) is 0 Å². The van der Waals surface area contributed by atoms with Crippen LogP contribution in [0.1, 0.15) is 21.7 Å². The van der Waals surface area contributed by atoms with E-state index in [2.05, 4.69) is 20.2 Å². The van der Waals surface area contributed by atoms with Crippen LogP contribution in [0.2, 0.25) is 0 Å². The number of methoxy groups -OCH3 is 1. The minimum absolute atomic E-state index is 0.171. The zero-order valence-corrected chi connectivity index (χ0v) is 17.5. The van der Waals surface area contributed by atoms with E-state index in [1.54, 1.807) is 19.4 Å². The van der Waals surface area contributed by atoms with Gasteiger partial charge in [-0.15, -0.1) is 0 Å². The summed E-state index contributed by atoms with van der Waals surface area (Å²) in [5, 5.41) is 6.29. The number of rotatable bonds is 7. The van der Waals surface area contributed by atoms with Crippen molar-refractivity contribution in [1.29, 1.82) is 0 Å². The molecule has 6 nitrogen and oxygen atoms in total. The minimum Gasteiger partial charge on any atom is -0.497 e. The summed E-state index contributed by atoms with van der Waals surface area (Å²) >= 11 is 0. The molecule has 31 heavy (non-hydrogen) atoms. The first-order chi connectivity index (χ1) is 15.1. The maximum Gasteiger partial charge on any atom is 0.257 e. The van der Waals surface area contributed by atoms with Crippen LogP contribution < -0.4 is 15.4 Å². The van der Waals surface area contributed by atoms with Gasteiger partial charge in [-0.05, 0) is 61.0 Å². The van der Waals surface area contributed by atoms with E-state index >= 15 is 0 Å². The van der Waals surface area contributed by atoms with E-state index in [-0.39, 0.29) is 5.91 Å². The molecular weight excluding hydrogens is 388 g/mol. The van der Waals surface area contributed by atoms with Gasteiger partial charge in [0.15, 0.2) is 0 Å². The molecule has 0 aliphatic rings. The Morgan fingerprint density at radius 1 is 0.968 bits per heavy atom. The number of hydrogen-bond donors (Lipinski definition) is 2. The fourth-order valence-electron chi connectivity index (χ4n) is 3.28. The fraction of sp³-hybridized carbons (Fsp3) is 0.120. The standard InChI is InChI=1S/C25H24N4O2/c1-18-26-15-16-29(18)17-19-7-9-21(10-8-19)28-25(30)23-5-3-4-6-24(23)27-20-11-13-22(31-2)14-12-20/h3-16,27H,17H2,1-2H3,(H,28,30). The molecule has 0 aliphatic heterocycles. The average Bonchev–Trinajstić information content (AvgIpc) is 3.20. The molecule has 1 heterocycles. The number of nitrogens with one attached hydrogen (secondary N) is 2. The van der Waals surface area contributed by atoms with Gasteiger partial charge in [-0.1, -0.05) is 24.3 Å². The Balaban J connectivity index is 1.45. The van der Waals surface area contributed by atoms with Gasteiger partial charge in [0.2, 0.25) is 0 Å². The molecule has 0 aliphatic carbocycles. The van der Waals surface area contributed by atoms with E-state index in [1.807, 2.05) is 79.9 Å². The van der Waals surface area contributed by atoms with Crippen LogP contribution in [0.5, 0.6) is 5.75 Å². The number of aryl methyl sites for hydroxylation is 1. The summed E-state index contributed by atoms with van der Waals surface area (Å²) in [6.45, 7) is 2.72. The summed E-state index contributed by atoms with van der Waals surface area (Å²) in [5.41, 5.74) is 4.06. The summed E-state index contributed by atoms with van der Waals surface area (Å²) in [6.07, 6.45) is 3.75. The summed E-state index contributed by atoms with van der Waals surface area (Å²) in [7, 11) is 1.63. The molecule has 0 bridgehead atoms. The molecule has 0 saturated carbocycles. The van der Waals surface area contributed by atoms with Gasteiger partial charge in [0, 0.05) is 30.3 Å². The lowest BCUT2D eigenvalue weighted by Gasteiger charge is -2.13. The number of anilines is 3. The van der Waals surface area contributed by atoms with Crippen molar-refractivity contribution in [3.63, 3.8) is 0 Å². The number of ether oxygens (including phenoxy) is 1. The third-order valence-electron chi connectivity index (χ3n) is 5.03. The number of amides is 1. The second-order valence-corrected chi connectivity index (χ2v) is 7.15. The highest BCUT2D eigenvalue weighted by atomic mass is 16.5. The number of nitrogens with zero attached hydrogens (tertiary/aromatic N) is 2. The Labute approximate surface area is 181 Å². The van der Waals surface area contributed by atoms with E-state index in [1.165, 1.54) is 0 Å². The monoisotopic (exact) mass is 412 g/mol. The van der Waals surface area contributed by atoms with Crippen LogP contribution in [-0.4, -0.2) is 22.6 Å². The number of hydrogen-bond acceptors (Lipinski definition) is 4. The Morgan fingerprint density at radius 2 is 1.68 bits per heavy atom. The lowest BCUT2D eigenvalue weighted by molar-refractivity contribution is 0.102. The largest absolute Gasteiger partial charge is 0.497 e. The molecule has 4 rings (SSSR count). The first kappa shape index (κ1) is 20.2. The van der Waals surface area contributed by atoms with Gasteiger partial charge in [0.05, 0.1) is 18.4 Å². The Hall–Kier alpha value is -4.06. The van der Waals surface area contributed by atoms with Crippen LogP contribution in [0.25, 0.3) is 0 Å². The number of benzene rings is 3. The molecule has 3 aromatic carbocycles. The fourth-order valence-corrected chi connectivity index (χ4v) is 3.28. The summed E-state index contributed by atoms with van der Waals surface area (Å²) < 4.78 is 7.27. The number of carbonyl (C=O) groups is 1. The molecular formula is C25H24N4O2. The predicted octanol–water partition coefficient (Wildman–Crippen LogP) is 5.24. The van der Waals surface area contributed by atoms with Gasteiger partial charge in [0.25, 0.3) is 5.91 Å². The van der Waals surface area contributed by atoms with Crippen LogP contribution >= 0.6 is 0 Å². The number of carbonyl (C=O) groups excluding carboxylic acids is 1. The van der Waals surface area contributed by atoms with E-state index in [9.17, 15) is 4.79 Å². The van der Waals surface area contributed by atoms with E-state index in [0.717, 1.165) is 40.7 Å². The summed E-state index contributed by atoms with van der Waals surface area (Å²) in [5.74, 6) is 1.58. The van der Waals surface area contributed by atoms with Crippen LogP contribution in [0.15, 0.2) is 85.2 Å². The second-order valence-electron chi connectivity index (χ2n) is 7.15. The number of aromatic nitrogens is 2. The molecule has 1 amide bonds. The average molecular weight is 412 g/mol. The molecule has 2 N–H and O–H groups in total. The first-order valence-electron chi connectivity index (χ1n) is 10.0. The molecule has 4 aromatic rings. The van der Waals surface area contributed by atoms with E-state index in [0.29, 0.717) is 5.56 Å². The van der Waals surface area contributed by atoms with Crippen molar-refractivity contribution < 1.29 is 9.53 Å². The molecule has 0 saturated heterocycles. The maximum absolute atomic E-state index is 12.9. The summed E-state index contributed by atoms with van der Waals surface area (Å²) in [6, 6.07) is 22.9. The third kappa shape index (κ3) is 4.93. The van der Waals surface area contributed by atoms with Crippen molar-refractivity contribution in [2.45, 2.75) is 13.5 Å². The van der Waals surface area contributed by atoms with Crippen molar-refractivity contribution >= 4 is 23.0 Å². The quantitative estimate of drug-likeness (QED) is 0.435. The SMILES string of the molecule is COc1ccc(Nc2ccccc2C(=O)Nc2ccc(Cn3ccnc3C)cc2)cc1. The predicted molar refractivity (Wildman–Crippen MR) is 123 cm³/mol. The molecule has 6 heteroatoms. The van der Waals surface area contributed by atoms with Gasteiger partial charge < -0.3 is 19.9 Å². The Morgan fingerprint density at radius 3 is 2.35 bits per heavy atom. The molecule has 0 radical (unpaired) electrons. The van der Waals surface area contributed by atoms with Crippen LogP contribution in [0.4, 0.5) is 17.1 Å². The highest BCUT2D eigenvalue weighted by Gasteiger charge is 2.12. The highest BCUT2D eigenvalue weighted by Crippen LogP contribution is 2.24. The first-order valence-corrected chi connectivity index (χ1v) is 10.0. The second kappa shape index (κ2) is 9.17. The molecule has 156 valence electrons. The molecule has 0 atom stereocenters. The van der Waals surface area contributed by atoms with Crippen LogP contribution in [0, 0.1) is 6.92 Å². The zero-order valence-electron chi connectivity index (χ0n) is 17.5. The van der Waals surface area contributed by atoms with Crippen molar-refractivity contribution in [2.24, 2.45) is 0 Å². The minimum atomic E-state index is -0.171. The molecule has 0 spiro atoms. The summed E-state index contributed by atoms with van der Waals surface area (Å²) in [4.78, 5) is 17.2. The highest BCUT2D eigenvalue weighted by molar-refractivity contribution is 6.08. The van der Waals surface area contributed by atoms with Gasteiger partial charge in [0.1, 0.15) is 11.6 Å². The lowest BCUT2D eigenvalue weighted by Crippen LogP contribution is -2.14.